The van der Waals surface area contributed by atoms with Crippen molar-refractivity contribution < 1.29 is 0 Å². The third-order valence-corrected chi connectivity index (χ3v) is 2.04. The molecule has 2 rings (SSSR count). The van der Waals surface area contributed by atoms with Gasteiger partial charge in [0.1, 0.15) is 5.82 Å². The lowest BCUT2D eigenvalue weighted by Gasteiger charge is -2.03. The number of aromatic nitrogens is 2. The SMILES string of the molecule is C=Cc1cccc2[nH]c(=O)nc(N)c12. The molecule has 0 aliphatic carbocycles. The average molecular weight is 187 g/mol. The van der Waals surface area contributed by atoms with E-state index in [2.05, 4.69) is 16.5 Å². The predicted octanol–water partition coefficient (Wildman–Crippen LogP) is 1.15. The molecule has 0 unspecified atom stereocenters. The molecule has 0 radical (unpaired) electrons. The fourth-order valence-corrected chi connectivity index (χ4v) is 1.44. The maximum Gasteiger partial charge on any atom is 0.347 e. The standard InChI is InChI=1S/C10H9N3O/c1-2-6-4-3-5-7-8(6)9(11)13-10(14)12-7/h2-5H,1H2,(H3,11,12,13,14). The summed E-state index contributed by atoms with van der Waals surface area (Å²) in [6, 6.07) is 5.47. The van der Waals surface area contributed by atoms with Gasteiger partial charge < -0.3 is 10.7 Å². The van der Waals surface area contributed by atoms with Crippen molar-refractivity contribution in [2.45, 2.75) is 0 Å². The van der Waals surface area contributed by atoms with Gasteiger partial charge in [0.25, 0.3) is 0 Å². The van der Waals surface area contributed by atoms with Crippen molar-refractivity contribution in [3.05, 3.63) is 40.8 Å². The van der Waals surface area contributed by atoms with Gasteiger partial charge in [0, 0.05) is 5.39 Å². The number of nitrogens with two attached hydrogens (primary N) is 1. The van der Waals surface area contributed by atoms with E-state index in [9.17, 15) is 4.79 Å². The molecule has 70 valence electrons. The first-order valence-electron chi connectivity index (χ1n) is 4.13. The van der Waals surface area contributed by atoms with Crippen LogP contribution >= 0.6 is 0 Å². The molecule has 0 aliphatic heterocycles. The number of benzene rings is 1. The largest absolute Gasteiger partial charge is 0.383 e. The summed E-state index contributed by atoms with van der Waals surface area (Å²) >= 11 is 0. The van der Waals surface area contributed by atoms with Gasteiger partial charge in [-0.1, -0.05) is 24.8 Å². The van der Waals surface area contributed by atoms with Gasteiger partial charge in [-0.3, -0.25) is 0 Å². The first-order valence-corrected chi connectivity index (χ1v) is 4.13. The molecular formula is C10H9N3O. The Bertz CT molecular complexity index is 557. The molecule has 0 saturated heterocycles. The van der Waals surface area contributed by atoms with Gasteiger partial charge >= 0.3 is 5.69 Å². The molecule has 0 spiro atoms. The Morgan fingerprint density at radius 3 is 3.00 bits per heavy atom. The summed E-state index contributed by atoms with van der Waals surface area (Å²) in [4.78, 5) is 17.3. The van der Waals surface area contributed by atoms with Gasteiger partial charge in [0.2, 0.25) is 0 Å². The summed E-state index contributed by atoms with van der Waals surface area (Å²) in [7, 11) is 0. The smallest absolute Gasteiger partial charge is 0.347 e. The Labute approximate surface area is 80.1 Å². The summed E-state index contributed by atoms with van der Waals surface area (Å²) in [6.45, 7) is 3.67. The maximum absolute atomic E-state index is 11.0. The van der Waals surface area contributed by atoms with E-state index in [1.165, 1.54) is 0 Å². The molecule has 1 aromatic carbocycles. The maximum atomic E-state index is 11.0. The lowest BCUT2D eigenvalue weighted by molar-refractivity contribution is 1.13. The van der Waals surface area contributed by atoms with Crippen LogP contribution in [0.25, 0.3) is 17.0 Å². The number of aromatic amines is 1. The minimum absolute atomic E-state index is 0.235. The summed E-state index contributed by atoms with van der Waals surface area (Å²) in [5, 5.41) is 0.738. The van der Waals surface area contributed by atoms with Crippen LogP contribution in [0.15, 0.2) is 29.6 Å². The molecule has 0 saturated carbocycles. The fraction of sp³-hybridized carbons (Fsp3) is 0. The summed E-state index contributed by atoms with van der Waals surface area (Å²) in [5.74, 6) is 0.235. The zero-order chi connectivity index (χ0) is 10.1. The van der Waals surface area contributed by atoms with Crippen LogP contribution in [0.1, 0.15) is 5.56 Å². The third kappa shape index (κ3) is 1.17. The van der Waals surface area contributed by atoms with E-state index in [-0.39, 0.29) is 5.82 Å². The number of nitrogens with zero attached hydrogens (tertiary/aromatic N) is 1. The van der Waals surface area contributed by atoms with Crippen molar-refractivity contribution in [1.29, 1.82) is 0 Å². The van der Waals surface area contributed by atoms with Crippen LogP contribution in [0.5, 0.6) is 0 Å². The van der Waals surface area contributed by atoms with E-state index < -0.39 is 5.69 Å². The van der Waals surface area contributed by atoms with E-state index in [0.29, 0.717) is 5.52 Å². The molecule has 2 aromatic rings. The number of hydrogen-bond acceptors (Lipinski definition) is 3. The number of H-pyrrole nitrogens is 1. The zero-order valence-corrected chi connectivity index (χ0v) is 7.45. The molecule has 4 heteroatoms. The van der Waals surface area contributed by atoms with Gasteiger partial charge in [-0.05, 0) is 11.6 Å². The Balaban J connectivity index is 3.01. The van der Waals surface area contributed by atoms with Crippen molar-refractivity contribution >= 4 is 22.8 Å². The van der Waals surface area contributed by atoms with Crippen molar-refractivity contribution in [2.24, 2.45) is 0 Å². The minimum atomic E-state index is -0.434. The molecule has 1 aromatic heterocycles. The molecule has 0 fully saturated rings. The molecular weight excluding hydrogens is 178 g/mol. The number of hydrogen-bond donors (Lipinski definition) is 2. The van der Waals surface area contributed by atoms with E-state index in [4.69, 9.17) is 5.73 Å². The van der Waals surface area contributed by atoms with E-state index >= 15 is 0 Å². The summed E-state index contributed by atoms with van der Waals surface area (Å²) < 4.78 is 0. The van der Waals surface area contributed by atoms with Gasteiger partial charge in [-0.25, -0.2) is 4.79 Å². The van der Waals surface area contributed by atoms with Gasteiger partial charge in [0.05, 0.1) is 5.52 Å². The number of rotatable bonds is 1. The summed E-state index contributed by atoms with van der Waals surface area (Å²) in [5.41, 5.74) is 6.77. The molecule has 0 atom stereocenters. The minimum Gasteiger partial charge on any atom is -0.383 e. The van der Waals surface area contributed by atoms with Crippen LogP contribution in [0.3, 0.4) is 0 Å². The van der Waals surface area contributed by atoms with Crippen LogP contribution in [0, 0.1) is 0 Å². The van der Waals surface area contributed by atoms with Crippen molar-refractivity contribution in [3.8, 4) is 0 Å². The van der Waals surface area contributed by atoms with Crippen LogP contribution in [-0.4, -0.2) is 9.97 Å². The van der Waals surface area contributed by atoms with Crippen LogP contribution < -0.4 is 11.4 Å². The van der Waals surface area contributed by atoms with Crippen molar-refractivity contribution in [1.82, 2.24) is 9.97 Å². The quantitative estimate of drug-likeness (QED) is 0.703. The fourth-order valence-electron chi connectivity index (χ4n) is 1.44. The van der Waals surface area contributed by atoms with Crippen LogP contribution in [0.2, 0.25) is 0 Å². The number of anilines is 1. The molecule has 3 N–H and O–H groups in total. The molecule has 4 nitrogen and oxygen atoms in total. The Hall–Kier alpha value is -2.10. The number of nitrogen functional groups attached to an aromatic ring is 1. The highest BCUT2D eigenvalue weighted by atomic mass is 16.1. The average Bonchev–Trinajstić information content (AvgIpc) is 2.16. The van der Waals surface area contributed by atoms with E-state index in [1.807, 2.05) is 12.1 Å². The third-order valence-electron chi connectivity index (χ3n) is 2.04. The second-order valence-corrected chi connectivity index (χ2v) is 2.90. The molecule has 14 heavy (non-hydrogen) atoms. The monoisotopic (exact) mass is 187 g/mol. The van der Waals surface area contributed by atoms with Crippen LogP contribution in [0.4, 0.5) is 5.82 Å². The molecule has 0 bridgehead atoms. The van der Waals surface area contributed by atoms with Gasteiger partial charge in [-0.15, -0.1) is 0 Å². The second-order valence-electron chi connectivity index (χ2n) is 2.90. The van der Waals surface area contributed by atoms with Gasteiger partial charge in [0.15, 0.2) is 0 Å². The number of nitrogens with one attached hydrogen (secondary N) is 1. The van der Waals surface area contributed by atoms with Gasteiger partial charge in [-0.2, -0.15) is 4.98 Å². The Kier molecular flexibility index (Phi) is 1.81. The predicted molar refractivity (Wildman–Crippen MR) is 56.9 cm³/mol. The normalized spacial score (nSPS) is 10.3. The second kappa shape index (κ2) is 2.99. The lowest BCUT2D eigenvalue weighted by atomic mass is 10.1. The first kappa shape index (κ1) is 8.50. The van der Waals surface area contributed by atoms with Crippen LogP contribution in [-0.2, 0) is 0 Å². The lowest BCUT2D eigenvalue weighted by Crippen LogP contribution is -2.12. The summed E-state index contributed by atoms with van der Waals surface area (Å²) in [6.07, 6.45) is 1.68. The zero-order valence-electron chi connectivity index (χ0n) is 7.45. The van der Waals surface area contributed by atoms with E-state index in [1.54, 1.807) is 12.1 Å². The van der Waals surface area contributed by atoms with Crippen molar-refractivity contribution in [2.75, 3.05) is 5.73 Å². The highest BCUT2D eigenvalue weighted by Crippen LogP contribution is 2.20. The highest BCUT2D eigenvalue weighted by molar-refractivity contribution is 5.94. The van der Waals surface area contributed by atoms with E-state index in [0.717, 1.165) is 10.9 Å². The number of fused-ring (bicyclic) bond motifs is 1. The van der Waals surface area contributed by atoms with Crippen molar-refractivity contribution in [3.63, 3.8) is 0 Å². The first-order chi connectivity index (χ1) is 6.72. The Morgan fingerprint density at radius 2 is 2.29 bits per heavy atom. The molecule has 1 heterocycles. The topological polar surface area (TPSA) is 71.8 Å². The molecule has 0 amide bonds. The highest BCUT2D eigenvalue weighted by Gasteiger charge is 2.04. The molecule has 0 aliphatic rings. The Morgan fingerprint density at radius 1 is 1.50 bits per heavy atom.